The fourth-order valence-electron chi connectivity index (χ4n) is 1.41. The Kier molecular flexibility index (Phi) is 4.44. The molecule has 3 N–H and O–H groups in total. The summed E-state index contributed by atoms with van der Waals surface area (Å²) in [4.78, 5) is 10.4. The third kappa shape index (κ3) is 3.28. The predicted octanol–water partition coefficient (Wildman–Crippen LogP) is 2.76. The Labute approximate surface area is 102 Å². The van der Waals surface area contributed by atoms with Gasteiger partial charge in [-0.2, -0.15) is 0 Å². The van der Waals surface area contributed by atoms with E-state index in [0.717, 1.165) is 5.56 Å². The average molecular weight is 290 g/mol. The van der Waals surface area contributed by atoms with Crippen LogP contribution in [0.1, 0.15) is 30.0 Å². The molecule has 0 fully saturated rings. The van der Waals surface area contributed by atoms with E-state index in [1.54, 1.807) is 19.1 Å². The molecule has 0 radical (unpaired) electrons. The summed E-state index contributed by atoms with van der Waals surface area (Å²) in [7, 11) is 0. The summed E-state index contributed by atoms with van der Waals surface area (Å²) >= 11 is 3.10. The molecule has 0 spiro atoms. The molecule has 1 rings (SSSR count). The molecule has 0 saturated heterocycles. The zero-order valence-electron chi connectivity index (χ0n) is 8.84. The number of hydrogen-bond donors (Lipinski definition) is 2. The molecule has 16 heavy (non-hydrogen) atoms. The zero-order chi connectivity index (χ0) is 12.3. The number of halogens is 2. The molecule has 0 aliphatic heterocycles. The summed E-state index contributed by atoms with van der Waals surface area (Å²) in [6.45, 7) is 1.65. The van der Waals surface area contributed by atoms with Gasteiger partial charge in [-0.05, 0) is 46.5 Å². The van der Waals surface area contributed by atoms with Crippen molar-refractivity contribution in [1.29, 1.82) is 0 Å². The van der Waals surface area contributed by atoms with Crippen LogP contribution in [0.3, 0.4) is 0 Å². The van der Waals surface area contributed by atoms with E-state index >= 15 is 0 Å². The summed E-state index contributed by atoms with van der Waals surface area (Å²) in [5.74, 6) is -1.19. The van der Waals surface area contributed by atoms with Gasteiger partial charge in [0, 0.05) is 12.5 Å². The van der Waals surface area contributed by atoms with E-state index in [-0.39, 0.29) is 18.3 Å². The van der Waals surface area contributed by atoms with Crippen LogP contribution >= 0.6 is 15.9 Å². The standard InChI is InChI=1S/C11H13BrFNO2/c1-6-4-7(5-8(12)11(6)13)9(14)2-3-10(15)16/h4-5,9H,2-3,14H2,1H3,(H,15,16). The second-order valence-electron chi connectivity index (χ2n) is 3.67. The van der Waals surface area contributed by atoms with Gasteiger partial charge < -0.3 is 10.8 Å². The molecule has 5 heteroatoms. The normalized spacial score (nSPS) is 12.5. The first-order valence-electron chi connectivity index (χ1n) is 4.84. The van der Waals surface area contributed by atoms with Crippen molar-refractivity contribution in [3.05, 3.63) is 33.5 Å². The van der Waals surface area contributed by atoms with Gasteiger partial charge in [0.25, 0.3) is 0 Å². The van der Waals surface area contributed by atoms with Gasteiger partial charge in [-0.1, -0.05) is 6.07 Å². The second-order valence-corrected chi connectivity index (χ2v) is 4.53. The first-order chi connectivity index (χ1) is 7.41. The molecule has 0 aliphatic carbocycles. The lowest BCUT2D eigenvalue weighted by atomic mass is 10.0. The van der Waals surface area contributed by atoms with E-state index in [2.05, 4.69) is 15.9 Å². The summed E-state index contributed by atoms with van der Waals surface area (Å²) in [6, 6.07) is 2.85. The predicted molar refractivity (Wildman–Crippen MR) is 62.6 cm³/mol. The summed E-state index contributed by atoms with van der Waals surface area (Å²) < 4.78 is 13.7. The van der Waals surface area contributed by atoms with Gasteiger partial charge in [-0.25, -0.2) is 4.39 Å². The minimum atomic E-state index is -0.881. The third-order valence-corrected chi connectivity index (χ3v) is 2.91. The lowest BCUT2D eigenvalue weighted by Gasteiger charge is -2.12. The van der Waals surface area contributed by atoms with Crippen molar-refractivity contribution in [1.82, 2.24) is 0 Å². The zero-order valence-corrected chi connectivity index (χ0v) is 10.4. The highest BCUT2D eigenvalue weighted by Crippen LogP contribution is 2.25. The fraction of sp³-hybridized carbons (Fsp3) is 0.364. The minimum Gasteiger partial charge on any atom is -0.481 e. The molecule has 0 amide bonds. The van der Waals surface area contributed by atoms with Gasteiger partial charge >= 0.3 is 5.97 Å². The maximum Gasteiger partial charge on any atom is 0.303 e. The van der Waals surface area contributed by atoms with E-state index in [0.29, 0.717) is 16.5 Å². The number of aryl methyl sites for hydroxylation is 1. The van der Waals surface area contributed by atoms with E-state index in [1.165, 1.54) is 0 Å². The summed E-state index contributed by atoms with van der Waals surface area (Å²) in [6.07, 6.45) is 0.349. The molecule has 88 valence electrons. The van der Waals surface area contributed by atoms with Crippen LogP contribution in [0.4, 0.5) is 4.39 Å². The quantitative estimate of drug-likeness (QED) is 0.896. The first-order valence-corrected chi connectivity index (χ1v) is 5.64. The largest absolute Gasteiger partial charge is 0.481 e. The van der Waals surface area contributed by atoms with Crippen LogP contribution in [0.5, 0.6) is 0 Å². The SMILES string of the molecule is Cc1cc(C(N)CCC(=O)O)cc(Br)c1F. The molecule has 0 heterocycles. The topological polar surface area (TPSA) is 63.3 Å². The maximum atomic E-state index is 13.3. The van der Waals surface area contributed by atoms with Crippen molar-refractivity contribution in [2.75, 3.05) is 0 Å². The van der Waals surface area contributed by atoms with Crippen LogP contribution in [0.2, 0.25) is 0 Å². The first kappa shape index (κ1) is 13.1. The van der Waals surface area contributed by atoms with E-state index < -0.39 is 5.97 Å². The van der Waals surface area contributed by atoms with Crippen molar-refractivity contribution in [2.45, 2.75) is 25.8 Å². The second kappa shape index (κ2) is 5.41. The maximum absolute atomic E-state index is 13.3. The van der Waals surface area contributed by atoms with Gasteiger partial charge in [-0.3, -0.25) is 4.79 Å². The Morgan fingerprint density at radius 1 is 1.62 bits per heavy atom. The molecular formula is C11H13BrFNO2. The van der Waals surface area contributed by atoms with Gasteiger partial charge in [0.1, 0.15) is 5.82 Å². The number of carboxylic acids is 1. The smallest absolute Gasteiger partial charge is 0.303 e. The van der Waals surface area contributed by atoms with Gasteiger partial charge in [0.15, 0.2) is 0 Å². The molecular weight excluding hydrogens is 277 g/mol. The fourth-order valence-corrected chi connectivity index (χ4v) is 1.99. The molecule has 0 aromatic heterocycles. The Hall–Kier alpha value is -0.940. The summed E-state index contributed by atoms with van der Waals surface area (Å²) in [5.41, 5.74) is 7.06. The van der Waals surface area contributed by atoms with E-state index in [9.17, 15) is 9.18 Å². The number of carbonyl (C=O) groups is 1. The molecule has 3 nitrogen and oxygen atoms in total. The van der Waals surface area contributed by atoms with Gasteiger partial charge in [0.05, 0.1) is 4.47 Å². The molecule has 1 aromatic carbocycles. The number of hydrogen-bond acceptors (Lipinski definition) is 2. The molecule has 0 saturated carbocycles. The summed E-state index contributed by atoms with van der Waals surface area (Å²) in [5, 5.41) is 8.54. The Morgan fingerprint density at radius 2 is 2.25 bits per heavy atom. The highest BCUT2D eigenvalue weighted by atomic mass is 79.9. The Bertz CT molecular complexity index is 386. The van der Waals surface area contributed by atoms with Gasteiger partial charge in [-0.15, -0.1) is 0 Å². The van der Waals surface area contributed by atoms with Crippen molar-refractivity contribution < 1.29 is 14.3 Å². The number of rotatable bonds is 4. The monoisotopic (exact) mass is 289 g/mol. The van der Waals surface area contributed by atoms with Crippen LogP contribution in [0.25, 0.3) is 0 Å². The number of carboxylic acid groups (broad SMARTS) is 1. The Balaban J connectivity index is 2.84. The molecule has 0 aliphatic rings. The van der Waals surface area contributed by atoms with Crippen molar-refractivity contribution in [3.63, 3.8) is 0 Å². The highest BCUT2D eigenvalue weighted by molar-refractivity contribution is 9.10. The van der Waals surface area contributed by atoms with E-state index in [4.69, 9.17) is 10.8 Å². The van der Waals surface area contributed by atoms with Gasteiger partial charge in [0.2, 0.25) is 0 Å². The van der Waals surface area contributed by atoms with Crippen LogP contribution in [-0.2, 0) is 4.79 Å². The Morgan fingerprint density at radius 3 is 2.75 bits per heavy atom. The lowest BCUT2D eigenvalue weighted by molar-refractivity contribution is -0.137. The number of nitrogens with two attached hydrogens (primary N) is 1. The molecule has 1 atom stereocenters. The third-order valence-electron chi connectivity index (χ3n) is 2.33. The van der Waals surface area contributed by atoms with Crippen LogP contribution in [0, 0.1) is 12.7 Å². The number of aliphatic carboxylic acids is 1. The lowest BCUT2D eigenvalue weighted by Crippen LogP contribution is -2.12. The average Bonchev–Trinajstić information content (AvgIpc) is 2.21. The van der Waals surface area contributed by atoms with Crippen LogP contribution in [-0.4, -0.2) is 11.1 Å². The van der Waals surface area contributed by atoms with Crippen LogP contribution in [0.15, 0.2) is 16.6 Å². The van der Waals surface area contributed by atoms with Crippen LogP contribution < -0.4 is 5.73 Å². The molecule has 0 bridgehead atoms. The van der Waals surface area contributed by atoms with E-state index in [1.807, 2.05) is 0 Å². The van der Waals surface area contributed by atoms with Crippen molar-refractivity contribution in [2.24, 2.45) is 5.73 Å². The van der Waals surface area contributed by atoms with Crippen molar-refractivity contribution in [3.8, 4) is 0 Å². The minimum absolute atomic E-state index is 0.00914. The molecule has 1 aromatic rings. The highest BCUT2D eigenvalue weighted by Gasteiger charge is 2.12. The van der Waals surface area contributed by atoms with Crippen molar-refractivity contribution >= 4 is 21.9 Å². The number of benzene rings is 1. The molecule has 1 unspecified atom stereocenters.